The summed E-state index contributed by atoms with van der Waals surface area (Å²) in [5, 5.41) is 2.87. The molecule has 1 fully saturated rings. The van der Waals surface area contributed by atoms with Crippen LogP contribution in [-0.4, -0.2) is 27.1 Å². The summed E-state index contributed by atoms with van der Waals surface area (Å²) >= 11 is 1.23. The molecule has 3 aromatic rings. The fraction of sp³-hybridized carbons (Fsp3) is 0.294. The standard InChI is InChI=1S/C17H18N2O3S2/c1-22-12-4-5-15-13(9-12)14(10-18-15)17(6-7-17)11-19-24(20,21)16-3-2-8-23-16/h2-5,8-10,18-19H,6-7,11H2,1H3. The topological polar surface area (TPSA) is 71.2 Å². The van der Waals surface area contributed by atoms with Crippen LogP contribution in [-0.2, 0) is 15.4 Å². The van der Waals surface area contributed by atoms with Crippen LogP contribution in [0.3, 0.4) is 0 Å². The number of hydrogen-bond donors (Lipinski definition) is 2. The van der Waals surface area contributed by atoms with Crippen molar-refractivity contribution in [2.45, 2.75) is 22.5 Å². The van der Waals surface area contributed by atoms with Crippen molar-refractivity contribution in [2.75, 3.05) is 13.7 Å². The Morgan fingerprint density at radius 1 is 1.33 bits per heavy atom. The molecule has 0 amide bonds. The van der Waals surface area contributed by atoms with Gasteiger partial charge in [0.25, 0.3) is 0 Å². The lowest BCUT2D eigenvalue weighted by molar-refractivity contribution is 0.415. The predicted molar refractivity (Wildman–Crippen MR) is 95.3 cm³/mol. The molecule has 2 heterocycles. The summed E-state index contributed by atoms with van der Waals surface area (Å²) in [7, 11) is -1.79. The molecule has 0 aliphatic heterocycles. The smallest absolute Gasteiger partial charge is 0.250 e. The van der Waals surface area contributed by atoms with Gasteiger partial charge in [-0.3, -0.25) is 0 Å². The van der Waals surface area contributed by atoms with Crippen LogP contribution in [0.5, 0.6) is 5.75 Å². The van der Waals surface area contributed by atoms with E-state index in [1.54, 1.807) is 24.6 Å². The predicted octanol–water partition coefficient (Wildman–Crippen LogP) is 3.25. The van der Waals surface area contributed by atoms with Crippen LogP contribution in [0.2, 0.25) is 0 Å². The molecule has 0 spiro atoms. The van der Waals surface area contributed by atoms with Crippen LogP contribution in [0.1, 0.15) is 18.4 Å². The highest BCUT2D eigenvalue weighted by atomic mass is 32.2. The normalized spacial score (nSPS) is 16.4. The van der Waals surface area contributed by atoms with Crippen LogP contribution in [0.25, 0.3) is 10.9 Å². The maximum absolute atomic E-state index is 12.4. The monoisotopic (exact) mass is 362 g/mol. The third-order valence-corrected chi connectivity index (χ3v) is 7.47. The van der Waals surface area contributed by atoms with E-state index in [1.807, 2.05) is 24.4 Å². The molecular formula is C17H18N2O3S2. The van der Waals surface area contributed by atoms with Gasteiger partial charge in [0.15, 0.2) is 0 Å². The Balaban J connectivity index is 1.62. The lowest BCUT2D eigenvalue weighted by Gasteiger charge is -2.15. The van der Waals surface area contributed by atoms with Gasteiger partial charge in [-0.15, -0.1) is 11.3 Å². The average Bonchev–Trinajstić information content (AvgIpc) is 3.02. The largest absolute Gasteiger partial charge is 0.497 e. The van der Waals surface area contributed by atoms with Gasteiger partial charge in [-0.1, -0.05) is 6.07 Å². The summed E-state index contributed by atoms with van der Waals surface area (Å²) in [6, 6.07) is 9.29. The zero-order valence-electron chi connectivity index (χ0n) is 13.2. The van der Waals surface area contributed by atoms with E-state index in [0.717, 1.165) is 35.1 Å². The minimum Gasteiger partial charge on any atom is -0.497 e. The molecule has 1 aliphatic rings. The van der Waals surface area contributed by atoms with E-state index in [-0.39, 0.29) is 5.41 Å². The molecule has 0 radical (unpaired) electrons. The number of nitrogens with one attached hydrogen (secondary N) is 2. The molecule has 7 heteroatoms. The Bertz CT molecular complexity index is 971. The van der Waals surface area contributed by atoms with Crippen molar-refractivity contribution < 1.29 is 13.2 Å². The molecule has 0 bridgehead atoms. The number of H-pyrrole nitrogens is 1. The summed E-state index contributed by atoms with van der Waals surface area (Å²) in [6.07, 6.45) is 3.95. The molecular weight excluding hydrogens is 344 g/mol. The maximum atomic E-state index is 12.4. The lowest BCUT2D eigenvalue weighted by atomic mass is 9.95. The summed E-state index contributed by atoms with van der Waals surface area (Å²) in [5.41, 5.74) is 2.07. The van der Waals surface area contributed by atoms with Crippen molar-refractivity contribution in [2.24, 2.45) is 0 Å². The van der Waals surface area contributed by atoms with Crippen LogP contribution in [0, 0.1) is 0 Å². The molecule has 126 valence electrons. The van der Waals surface area contributed by atoms with Crippen LogP contribution >= 0.6 is 11.3 Å². The third-order valence-electron chi connectivity index (χ3n) is 4.67. The van der Waals surface area contributed by atoms with Crippen molar-refractivity contribution in [1.29, 1.82) is 0 Å². The van der Waals surface area contributed by atoms with E-state index in [0.29, 0.717) is 10.8 Å². The number of fused-ring (bicyclic) bond motifs is 1. The number of ether oxygens (including phenoxy) is 1. The number of thiophene rings is 1. The second-order valence-electron chi connectivity index (χ2n) is 6.15. The number of rotatable bonds is 6. The van der Waals surface area contributed by atoms with Crippen LogP contribution < -0.4 is 9.46 Å². The van der Waals surface area contributed by atoms with E-state index in [1.165, 1.54) is 11.3 Å². The van der Waals surface area contributed by atoms with E-state index in [2.05, 4.69) is 9.71 Å². The van der Waals surface area contributed by atoms with Crippen molar-refractivity contribution >= 4 is 32.3 Å². The number of aromatic nitrogens is 1. The van der Waals surface area contributed by atoms with Crippen LogP contribution in [0.4, 0.5) is 0 Å². The van der Waals surface area contributed by atoms with Crippen molar-refractivity contribution in [3.63, 3.8) is 0 Å². The van der Waals surface area contributed by atoms with Gasteiger partial charge in [-0.2, -0.15) is 0 Å². The molecule has 1 aromatic carbocycles. The average molecular weight is 362 g/mol. The first-order chi connectivity index (χ1) is 11.5. The Hall–Kier alpha value is -1.83. The quantitative estimate of drug-likeness (QED) is 0.707. The summed E-state index contributed by atoms with van der Waals surface area (Å²) in [4.78, 5) is 3.28. The molecule has 1 aliphatic carbocycles. The van der Waals surface area contributed by atoms with Crippen LogP contribution in [0.15, 0.2) is 46.1 Å². The molecule has 0 atom stereocenters. The first kappa shape index (κ1) is 15.7. The zero-order valence-corrected chi connectivity index (χ0v) is 14.8. The molecule has 1 saturated carbocycles. The Morgan fingerprint density at radius 3 is 2.83 bits per heavy atom. The number of benzene rings is 1. The summed E-state index contributed by atoms with van der Waals surface area (Å²) < 4.78 is 33.2. The summed E-state index contributed by atoms with van der Waals surface area (Å²) in [6.45, 7) is 0.414. The molecule has 24 heavy (non-hydrogen) atoms. The molecule has 0 saturated heterocycles. The first-order valence-electron chi connectivity index (χ1n) is 7.73. The van der Waals surface area contributed by atoms with E-state index >= 15 is 0 Å². The summed E-state index contributed by atoms with van der Waals surface area (Å²) in [5.74, 6) is 0.804. The fourth-order valence-electron chi connectivity index (χ4n) is 3.08. The van der Waals surface area contributed by atoms with Gasteiger partial charge < -0.3 is 9.72 Å². The lowest BCUT2D eigenvalue weighted by Crippen LogP contribution is -2.31. The minimum atomic E-state index is -3.43. The fourth-order valence-corrected chi connectivity index (χ4v) is 5.24. The molecule has 5 nitrogen and oxygen atoms in total. The maximum Gasteiger partial charge on any atom is 0.250 e. The Labute approximate surface area is 144 Å². The molecule has 0 unspecified atom stereocenters. The highest BCUT2D eigenvalue weighted by Gasteiger charge is 2.46. The molecule has 4 rings (SSSR count). The molecule has 2 N–H and O–H groups in total. The highest BCUT2D eigenvalue weighted by Crippen LogP contribution is 2.50. The van der Waals surface area contributed by atoms with Crippen molar-refractivity contribution in [3.05, 3.63) is 47.5 Å². The second-order valence-corrected chi connectivity index (χ2v) is 9.09. The number of aromatic amines is 1. The van der Waals surface area contributed by atoms with E-state index in [4.69, 9.17) is 4.74 Å². The van der Waals surface area contributed by atoms with Gasteiger partial charge in [-0.05, 0) is 48.1 Å². The highest BCUT2D eigenvalue weighted by molar-refractivity contribution is 7.91. The van der Waals surface area contributed by atoms with E-state index < -0.39 is 10.0 Å². The van der Waals surface area contributed by atoms with E-state index in [9.17, 15) is 8.42 Å². The SMILES string of the molecule is COc1ccc2[nH]cc(C3(CNS(=O)(=O)c4cccs4)CC3)c2c1. The van der Waals surface area contributed by atoms with Gasteiger partial charge in [0, 0.05) is 29.1 Å². The van der Waals surface area contributed by atoms with Gasteiger partial charge in [-0.25, -0.2) is 13.1 Å². The van der Waals surface area contributed by atoms with Crippen molar-refractivity contribution in [1.82, 2.24) is 9.71 Å². The Kier molecular flexibility index (Phi) is 3.67. The first-order valence-corrected chi connectivity index (χ1v) is 10.1. The number of methoxy groups -OCH3 is 1. The molecule has 2 aromatic heterocycles. The van der Waals surface area contributed by atoms with Gasteiger partial charge >= 0.3 is 0 Å². The van der Waals surface area contributed by atoms with Crippen molar-refractivity contribution in [3.8, 4) is 5.75 Å². The van der Waals surface area contributed by atoms with Gasteiger partial charge in [0.05, 0.1) is 7.11 Å². The number of hydrogen-bond acceptors (Lipinski definition) is 4. The Morgan fingerprint density at radius 2 is 2.17 bits per heavy atom. The minimum absolute atomic E-state index is 0.130. The van der Waals surface area contributed by atoms with Gasteiger partial charge in [0.2, 0.25) is 10.0 Å². The zero-order chi connectivity index (χ0) is 16.8. The third kappa shape index (κ3) is 2.62. The number of sulfonamides is 1. The van der Waals surface area contributed by atoms with Gasteiger partial charge in [0.1, 0.15) is 9.96 Å². The second kappa shape index (κ2) is 5.61.